The van der Waals surface area contributed by atoms with Crippen molar-refractivity contribution in [2.45, 2.75) is 26.3 Å². The number of nitrogens with zero attached hydrogens (tertiary/aromatic N) is 2. The van der Waals surface area contributed by atoms with Crippen LogP contribution in [0.15, 0.2) is 36.7 Å². The maximum atomic E-state index is 12.2. The molecule has 0 radical (unpaired) electrons. The number of amides is 1. The van der Waals surface area contributed by atoms with Crippen LogP contribution in [-0.2, 0) is 0 Å². The maximum absolute atomic E-state index is 12.2. The van der Waals surface area contributed by atoms with E-state index in [-0.39, 0.29) is 17.5 Å². The fraction of sp³-hybridized carbons (Fsp3) is 0.267. The summed E-state index contributed by atoms with van der Waals surface area (Å²) in [5.41, 5.74) is 1.88. The first kappa shape index (κ1) is 14.0. The highest BCUT2D eigenvalue weighted by Gasteiger charge is 2.19. The third-order valence-electron chi connectivity index (χ3n) is 3.10. The fourth-order valence-corrected chi connectivity index (χ4v) is 2.02. The van der Waals surface area contributed by atoms with Gasteiger partial charge in [0.25, 0.3) is 5.91 Å². The minimum atomic E-state index is -0.403. The lowest BCUT2D eigenvalue weighted by molar-refractivity contribution is 0.0926. The molecule has 0 saturated heterocycles. The SMILES string of the molecule is CC[C@H](NC(=O)c1ncccc1O)c1ncccc1C. The quantitative estimate of drug-likeness (QED) is 0.895. The molecule has 2 N–H and O–H groups in total. The van der Waals surface area contributed by atoms with E-state index in [1.807, 2.05) is 26.0 Å². The second-order valence-corrected chi connectivity index (χ2v) is 4.51. The first-order valence-corrected chi connectivity index (χ1v) is 6.49. The van der Waals surface area contributed by atoms with Crippen molar-refractivity contribution in [1.82, 2.24) is 15.3 Å². The number of nitrogens with one attached hydrogen (secondary N) is 1. The number of carbonyl (C=O) groups excluding carboxylic acids is 1. The average Bonchev–Trinajstić information content (AvgIpc) is 2.46. The van der Waals surface area contributed by atoms with Crippen LogP contribution >= 0.6 is 0 Å². The molecule has 2 aromatic heterocycles. The summed E-state index contributed by atoms with van der Waals surface area (Å²) >= 11 is 0. The van der Waals surface area contributed by atoms with Crippen LogP contribution in [0.2, 0.25) is 0 Å². The van der Waals surface area contributed by atoms with E-state index in [9.17, 15) is 9.90 Å². The Kier molecular flexibility index (Phi) is 4.30. The predicted molar refractivity (Wildman–Crippen MR) is 75.4 cm³/mol. The predicted octanol–water partition coefficient (Wildman–Crippen LogP) is 2.37. The van der Waals surface area contributed by atoms with Gasteiger partial charge in [0.1, 0.15) is 5.75 Å². The molecule has 0 aliphatic rings. The van der Waals surface area contributed by atoms with E-state index in [0.717, 1.165) is 11.3 Å². The molecule has 0 unspecified atom stereocenters. The van der Waals surface area contributed by atoms with Gasteiger partial charge in [-0.2, -0.15) is 0 Å². The largest absolute Gasteiger partial charge is 0.505 e. The zero-order valence-electron chi connectivity index (χ0n) is 11.5. The summed E-state index contributed by atoms with van der Waals surface area (Å²) in [6, 6.07) is 6.62. The van der Waals surface area contributed by atoms with E-state index in [1.165, 1.54) is 12.3 Å². The first-order chi connectivity index (χ1) is 9.63. The lowest BCUT2D eigenvalue weighted by Crippen LogP contribution is -2.30. The number of aryl methyl sites for hydroxylation is 1. The molecule has 0 aromatic carbocycles. The van der Waals surface area contributed by atoms with E-state index in [2.05, 4.69) is 15.3 Å². The summed E-state index contributed by atoms with van der Waals surface area (Å²) in [4.78, 5) is 20.4. The molecule has 0 aliphatic carbocycles. The molecule has 0 aliphatic heterocycles. The van der Waals surface area contributed by atoms with Gasteiger partial charge in [-0.3, -0.25) is 9.78 Å². The molecule has 5 nitrogen and oxygen atoms in total. The summed E-state index contributed by atoms with van der Waals surface area (Å²) in [6.45, 7) is 3.92. The molecule has 1 amide bonds. The van der Waals surface area contributed by atoms with E-state index in [4.69, 9.17) is 0 Å². The first-order valence-electron chi connectivity index (χ1n) is 6.49. The highest BCUT2D eigenvalue weighted by Crippen LogP contribution is 2.19. The van der Waals surface area contributed by atoms with Gasteiger partial charge in [0.05, 0.1) is 11.7 Å². The molecule has 5 heteroatoms. The van der Waals surface area contributed by atoms with Gasteiger partial charge in [-0.25, -0.2) is 4.98 Å². The molecule has 0 spiro atoms. The molecule has 0 fully saturated rings. The number of pyridine rings is 2. The number of carbonyl (C=O) groups is 1. The van der Waals surface area contributed by atoms with Crippen LogP contribution in [0.1, 0.15) is 41.1 Å². The second-order valence-electron chi connectivity index (χ2n) is 4.51. The van der Waals surface area contributed by atoms with Gasteiger partial charge in [0.2, 0.25) is 0 Å². The minimum absolute atomic E-state index is 0.0273. The Morgan fingerprint density at radius 3 is 2.65 bits per heavy atom. The van der Waals surface area contributed by atoms with Crippen molar-refractivity contribution in [1.29, 1.82) is 0 Å². The molecule has 2 aromatic rings. The maximum Gasteiger partial charge on any atom is 0.274 e. The Morgan fingerprint density at radius 2 is 2.00 bits per heavy atom. The number of rotatable bonds is 4. The number of aromatic hydroxyl groups is 1. The van der Waals surface area contributed by atoms with Crippen molar-refractivity contribution in [2.24, 2.45) is 0 Å². The van der Waals surface area contributed by atoms with Crippen LogP contribution in [0.4, 0.5) is 0 Å². The van der Waals surface area contributed by atoms with Crippen LogP contribution < -0.4 is 5.32 Å². The molecule has 2 rings (SSSR count). The summed E-state index contributed by atoms with van der Waals surface area (Å²) in [5.74, 6) is -0.530. The lowest BCUT2D eigenvalue weighted by Gasteiger charge is -2.18. The Labute approximate surface area is 117 Å². The van der Waals surface area contributed by atoms with Crippen LogP contribution in [0.3, 0.4) is 0 Å². The second kappa shape index (κ2) is 6.14. The highest BCUT2D eigenvalue weighted by atomic mass is 16.3. The van der Waals surface area contributed by atoms with Gasteiger partial charge in [0, 0.05) is 12.4 Å². The van der Waals surface area contributed by atoms with Crippen LogP contribution in [0.25, 0.3) is 0 Å². The fourth-order valence-electron chi connectivity index (χ4n) is 2.02. The summed E-state index contributed by atoms with van der Waals surface area (Å²) in [6.07, 6.45) is 3.88. The number of hydrogen-bond donors (Lipinski definition) is 2. The molecular weight excluding hydrogens is 254 g/mol. The number of hydrogen-bond acceptors (Lipinski definition) is 4. The van der Waals surface area contributed by atoms with Crippen molar-refractivity contribution >= 4 is 5.91 Å². The lowest BCUT2D eigenvalue weighted by atomic mass is 10.1. The Morgan fingerprint density at radius 1 is 1.30 bits per heavy atom. The van der Waals surface area contributed by atoms with Crippen LogP contribution in [0, 0.1) is 6.92 Å². The van der Waals surface area contributed by atoms with E-state index in [1.54, 1.807) is 12.3 Å². The third-order valence-corrected chi connectivity index (χ3v) is 3.10. The standard InChI is InChI=1S/C15H17N3O2/c1-3-11(13-10(2)6-4-8-16-13)18-15(20)14-12(19)7-5-9-17-14/h4-9,11,19H,3H2,1-2H3,(H,18,20)/t11-/m0/s1. The minimum Gasteiger partial charge on any atom is -0.505 e. The van der Waals surface area contributed by atoms with E-state index < -0.39 is 5.91 Å². The smallest absolute Gasteiger partial charge is 0.274 e. The molecule has 1 atom stereocenters. The summed E-state index contributed by atoms with van der Waals surface area (Å²) < 4.78 is 0. The zero-order chi connectivity index (χ0) is 14.5. The Hall–Kier alpha value is -2.43. The van der Waals surface area contributed by atoms with Gasteiger partial charge in [-0.15, -0.1) is 0 Å². The van der Waals surface area contributed by atoms with Gasteiger partial charge < -0.3 is 10.4 Å². The topological polar surface area (TPSA) is 75.1 Å². The Balaban J connectivity index is 2.21. The van der Waals surface area contributed by atoms with E-state index in [0.29, 0.717) is 6.42 Å². The van der Waals surface area contributed by atoms with Gasteiger partial charge in [-0.1, -0.05) is 13.0 Å². The van der Waals surface area contributed by atoms with E-state index >= 15 is 0 Å². The van der Waals surface area contributed by atoms with Crippen LogP contribution in [-0.4, -0.2) is 21.0 Å². The van der Waals surface area contributed by atoms with Gasteiger partial charge in [-0.05, 0) is 37.1 Å². The molecule has 2 heterocycles. The van der Waals surface area contributed by atoms with Gasteiger partial charge in [0.15, 0.2) is 5.69 Å². The molecular formula is C15H17N3O2. The molecule has 0 bridgehead atoms. The summed E-state index contributed by atoms with van der Waals surface area (Å²) in [5, 5.41) is 12.5. The van der Waals surface area contributed by atoms with Crippen molar-refractivity contribution < 1.29 is 9.90 Å². The molecule has 20 heavy (non-hydrogen) atoms. The normalized spacial score (nSPS) is 11.9. The van der Waals surface area contributed by atoms with Gasteiger partial charge >= 0.3 is 0 Å². The van der Waals surface area contributed by atoms with Crippen molar-refractivity contribution in [2.75, 3.05) is 0 Å². The summed E-state index contributed by atoms with van der Waals surface area (Å²) in [7, 11) is 0. The van der Waals surface area contributed by atoms with Crippen molar-refractivity contribution in [3.63, 3.8) is 0 Å². The molecule has 0 saturated carbocycles. The molecule has 104 valence electrons. The van der Waals surface area contributed by atoms with Crippen molar-refractivity contribution in [3.8, 4) is 5.75 Å². The van der Waals surface area contributed by atoms with Crippen LogP contribution in [0.5, 0.6) is 5.75 Å². The third kappa shape index (κ3) is 2.93. The van der Waals surface area contributed by atoms with Crippen molar-refractivity contribution in [3.05, 3.63) is 53.6 Å². The average molecular weight is 271 g/mol. The Bertz CT molecular complexity index is 614. The monoisotopic (exact) mass is 271 g/mol. The highest BCUT2D eigenvalue weighted by molar-refractivity contribution is 5.94. The zero-order valence-corrected chi connectivity index (χ0v) is 11.5. The number of aromatic nitrogens is 2.